The molecule has 0 N–H and O–H groups in total. The monoisotopic (exact) mass is 274 g/mol. The van der Waals surface area contributed by atoms with Crippen molar-refractivity contribution in [1.82, 2.24) is 0 Å². The summed E-state index contributed by atoms with van der Waals surface area (Å²) in [7, 11) is 1.65. The first-order chi connectivity index (χ1) is 9.85. The third-order valence-electron chi connectivity index (χ3n) is 3.77. The van der Waals surface area contributed by atoms with E-state index in [1.54, 1.807) is 7.11 Å². The molecule has 3 heteroatoms. The van der Waals surface area contributed by atoms with Crippen molar-refractivity contribution < 1.29 is 28.3 Å². The fourth-order valence-corrected chi connectivity index (χ4v) is 2.57. The molecule has 0 spiro atoms. The van der Waals surface area contributed by atoms with E-state index in [0.29, 0.717) is 0 Å². The van der Waals surface area contributed by atoms with Crippen molar-refractivity contribution >= 4 is 0 Å². The van der Waals surface area contributed by atoms with E-state index >= 15 is 0 Å². The Hall–Kier alpha value is -1.20. The van der Waals surface area contributed by atoms with Crippen LogP contribution in [0, 0.1) is 6.07 Å². The van der Waals surface area contributed by atoms with Gasteiger partial charge in [0, 0.05) is 12.9 Å². The molecule has 0 aliphatic heterocycles. The summed E-state index contributed by atoms with van der Waals surface area (Å²) in [6.45, 7) is 0.290. The van der Waals surface area contributed by atoms with Gasteiger partial charge >= 0.3 is 18.9 Å². The van der Waals surface area contributed by atoms with Gasteiger partial charge in [-0.05, 0) is 30.4 Å². The molecule has 0 saturated heterocycles. The van der Waals surface area contributed by atoms with Crippen LogP contribution in [0.2, 0.25) is 0 Å². The molecule has 0 heterocycles. The zero-order valence-corrected chi connectivity index (χ0v) is 12.8. The van der Waals surface area contributed by atoms with Crippen molar-refractivity contribution in [1.29, 1.82) is 0 Å². The van der Waals surface area contributed by atoms with E-state index in [1.165, 1.54) is 16.7 Å². The van der Waals surface area contributed by atoms with Gasteiger partial charge in [0.25, 0.3) is 0 Å². The van der Waals surface area contributed by atoms with Crippen molar-refractivity contribution in [2.45, 2.75) is 25.7 Å². The van der Waals surface area contributed by atoms with Crippen LogP contribution in [0.3, 0.4) is 0 Å². The molecule has 2 aromatic rings. The predicted octanol–water partition coefficient (Wildman–Crippen LogP) is 0.357. The second-order valence-electron chi connectivity index (χ2n) is 5.22. The average molecular weight is 274 g/mol. The topological polar surface area (TPSA) is 18.5 Å². The molecule has 4 aliphatic carbocycles. The quantitative estimate of drug-likeness (QED) is 0.457. The number of hydrogen-bond acceptors (Lipinski definition) is 2. The summed E-state index contributed by atoms with van der Waals surface area (Å²) in [6, 6.07) is 16.6. The molecule has 21 heavy (non-hydrogen) atoms. The van der Waals surface area contributed by atoms with Gasteiger partial charge < -0.3 is 9.47 Å². The Kier molecular flexibility index (Phi) is 5.93. The van der Waals surface area contributed by atoms with E-state index in [0.717, 1.165) is 37.0 Å². The number of ether oxygens (including phenoxy) is 2. The zero-order chi connectivity index (χ0) is 13.8. The van der Waals surface area contributed by atoms with Crippen molar-refractivity contribution in [3.05, 3.63) is 64.7 Å². The summed E-state index contributed by atoms with van der Waals surface area (Å²) in [4.78, 5) is 0. The van der Waals surface area contributed by atoms with Crippen LogP contribution in [-0.4, -0.2) is 13.9 Å². The first-order valence-corrected chi connectivity index (χ1v) is 7.08. The summed E-state index contributed by atoms with van der Waals surface area (Å²) < 4.78 is 10.7. The van der Waals surface area contributed by atoms with Gasteiger partial charge in [0.05, 0.1) is 0 Å². The molecule has 0 atom stereocenters. The largest absolute Gasteiger partial charge is 1.00 e. The molecule has 0 unspecified atom stereocenters. The molecule has 4 aliphatic rings. The third kappa shape index (κ3) is 4.14. The van der Waals surface area contributed by atoms with E-state index in [4.69, 9.17) is 9.47 Å². The molecule has 0 saturated carbocycles. The van der Waals surface area contributed by atoms with Crippen LogP contribution in [0.5, 0.6) is 5.75 Å². The maximum atomic E-state index is 5.70. The van der Waals surface area contributed by atoms with E-state index in [-0.39, 0.29) is 25.7 Å². The van der Waals surface area contributed by atoms with Gasteiger partial charge in [-0.1, -0.05) is 30.7 Å². The van der Waals surface area contributed by atoms with Gasteiger partial charge in [-0.25, -0.2) is 0 Å². The molecule has 6 rings (SSSR count). The Bertz CT molecular complexity index is 578. The third-order valence-corrected chi connectivity index (χ3v) is 3.77. The van der Waals surface area contributed by atoms with Gasteiger partial charge in [0.15, 0.2) is 6.79 Å². The van der Waals surface area contributed by atoms with E-state index < -0.39 is 0 Å². The molecule has 0 radical (unpaired) electrons. The maximum absolute atomic E-state index is 5.70. The van der Waals surface area contributed by atoms with Crippen LogP contribution in [0.25, 0.3) is 0 Å². The fraction of sp³-hybridized carbons (Fsp3) is 0.333. The zero-order valence-electron chi connectivity index (χ0n) is 12.8. The minimum absolute atomic E-state index is 0. The van der Waals surface area contributed by atoms with Crippen LogP contribution in [-0.2, 0) is 30.4 Å². The number of aryl methyl sites for hydroxylation is 4. The molecular formula is C18H19LiO2. The minimum atomic E-state index is 0. The van der Waals surface area contributed by atoms with E-state index in [9.17, 15) is 0 Å². The second kappa shape index (κ2) is 7.71. The second-order valence-corrected chi connectivity index (χ2v) is 5.22. The maximum Gasteiger partial charge on any atom is 1.00 e. The van der Waals surface area contributed by atoms with Crippen molar-refractivity contribution in [3.8, 4) is 5.75 Å². The molecule has 104 valence electrons. The van der Waals surface area contributed by atoms with E-state index in [2.05, 4.69) is 42.5 Å². The molecular weight excluding hydrogens is 255 g/mol. The summed E-state index contributed by atoms with van der Waals surface area (Å²) >= 11 is 0. The number of hydrogen-bond donors (Lipinski definition) is 0. The smallest absolute Gasteiger partial charge is 0.528 e. The molecule has 4 bridgehead atoms. The Morgan fingerprint density at radius 3 is 2.24 bits per heavy atom. The number of benzene rings is 2. The molecule has 0 aromatic heterocycles. The summed E-state index contributed by atoms with van der Waals surface area (Å²) in [6.07, 6.45) is 4.02. The molecule has 2 nitrogen and oxygen atoms in total. The summed E-state index contributed by atoms with van der Waals surface area (Å²) in [5.41, 5.74) is 5.15. The van der Waals surface area contributed by atoms with Crippen molar-refractivity contribution in [3.63, 3.8) is 0 Å². The summed E-state index contributed by atoms with van der Waals surface area (Å²) in [5, 5.41) is 0. The van der Waals surface area contributed by atoms with Gasteiger partial charge in [0.2, 0.25) is 0 Å². The minimum Gasteiger partial charge on any atom is -0.528 e. The van der Waals surface area contributed by atoms with Gasteiger partial charge in [-0.15, -0.1) is 11.6 Å². The Morgan fingerprint density at radius 2 is 1.57 bits per heavy atom. The van der Waals surface area contributed by atoms with Gasteiger partial charge in [0.1, 0.15) is 0 Å². The normalized spacial score (nSPS) is 13.2. The first-order valence-electron chi connectivity index (χ1n) is 7.08. The van der Waals surface area contributed by atoms with Gasteiger partial charge in [-0.3, -0.25) is 0 Å². The molecule has 0 fully saturated rings. The Morgan fingerprint density at radius 1 is 0.952 bits per heavy atom. The van der Waals surface area contributed by atoms with Crippen molar-refractivity contribution in [2.24, 2.45) is 0 Å². The van der Waals surface area contributed by atoms with Crippen LogP contribution in [0.1, 0.15) is 22.3 Å². The van der Waals surface area contributed by atoms with Crippen molar-refractivity contribution in [2.75, 3.05) is 13.9 Å². The fourth-order valence-electron chi connectivity index (χ4n) is 2.57. The van der Waals surface area contributed by atoms with Gasteiger partial charge in [-0.2, -0.15) is 17.7 Å². The summed E-state index contributed by atoms with van der Waals surface area (Å²) in [5.74, 6) is 0.916. The van der Waals surface area contributed by atoms with Crippen LogP contribution in [0.4, 0.5) is 0 Å². The van der Waals surface area contributed by atoms with Crippen LogP contribution >= 0.6 is 0 Å². The van der Waals surface area contributed by atoms with Crippen LogP contribution in [0.15, 0.2) is 36.4 Å². The Labute approximate surface area is 138 Å². The SMILES string of the molecule is COCOc1cc2c[c-]c1CCc1ccc(cc1)CC2.[Li+]. The number of methoxy groups -OCH3 is 1. The number of rotatable bonds is 3. The average Bonchev–Trinajstić information content (AvgIpc) is 2.48. The predicted molar refractivity (Wildman–Crippen MR) is 79.0 cm³/mol. The Balaban J connectivity index is 0.00000161. The standard InChI is InChI=1S/C18H19O2.Li/c1-19-13-20-18-12-16-7-6-14-2-4-15(5-3-14)8-10-17(18)11-9-16;/h2-5,9,12H,6-8,10,13H2,1H3;/q-1;+1. The van der Waals surface area contributed by atoms with Crippen LogP contribution < -0.4 is 23.6 Å². The van der Waals surface area contributed by atoms with E-state index in [1.807, 2.05) is 0 Å². The first kappa shape index (κ1) is 16.2. The molecule has 2 aromatic carbocycles. The molecule has 0 amide bonds.